The third kappa shape index (κ3) is 3.71. The van der Waals surface area contributed by atoms with Gasteiger partial charge in [0.15, 0.2) is 0 Å². The summed E-state index contributed by atoms with van der Waals surface area (Å²) in [5.74, 6) is 0.703. The largest absolute Gasteiger partial charge is 0.491 e. The summed E-state index contributed by atoms with van der Waals surface area (Å²) in [6.07, 6.45) is 1.33. The van der Waals surface area contributed by atoms with E-state index in [1.807, 2.05) is 0 Å². The molecule has 1 aromatic carbocycles. The van der Waals surface area contributed by atoms with Gasteiger partial charge in [0.1, 0.15) is 18.5 Å². The van der Waals surface area contributed by atoms with Crippen LogP contribution in [0.25, 0.3) is 0 Å². The number of anilines is 1. The van der Waals surface area contributed by atoms with Gasteiger partial charge in [0.2, 0.25) is 10.0 Å². The fraction of sp³-hybridized carbons (Fsp3) is 0.400. The molecule has 0 amide bonds. The van der Waals surface area contributed by atoms with Crippen molar-refractivity contribution in [2.45, 2.75) is 6.10 Å². The maximum Gasteiger partial charge on any atom is 0.229 e. The van der Waals surface area contributed by atoms with Crippen LogP contribution in [0.5, 0.6) is 5.75 Å². The standard InChI is InChI=1S/C10H13NO4S/c1-16(12,13)11-8-2-4-9(5-3-8)14-6-10-7-15-10/h2-5,10-11H,6-7H2,1H3/t10-/m1/s1. The van der Waals surface area contributed by atoms with Crippen LogP contribution in [-0.4, -0.2) is 34.0 Å². The Morgan fingerprint density at radius 1 is 1.44 bits per heavy atom. The van der Waals surface area contributed by atoms with Crippen LogP contribution in [0.3, 0.4) is 0 Å². The first-order valence-electron chi connectivity index (χ1n) is 4.85. The Bertz CT molecular complexity index is 450. The molecule has 0 saturated carbocycles. The lowest BCUT2D eigenvalue weighted by atomic mass is 10.3. The van der Waals surface area contributed by atoms with E-state index in [2.05, 4.69) is 4.72 Å². The molecule has 6 heteroatoms. The van der Waals surface area contributed by atoms with E-state index < -0.39 is 10.0 Å². The Kier molecular flexibility index (Phi) is 3.02. The van der Waals surface area contributed by atoms with Crippen LogP contribution in [0.2, 0.25) is 0 Å². The Labute approximate surface area is 94.4 Å². The number of ether oxygens (including phenoxy) is 2. The Hall–Kier alpha value is -1.27. The van der Waals surface area contributed by atoms with Gasteiger partial charge in [-0.05, 0) is 24.3 Å². The first-order chi connectivity index (χ1) is 7.53. The molecule has 1 N–H and O–H groups in total. The third-order valence-electron chi connectivity index (χ3n) is 2.00. The first-order valence-corrected chi connectivity index (χ1v) is 6.74. The zero-order valence-electron chi connectivity index (χ0n) is 8.84. The van der Waals surface area contributed by atoms with Gasteiger partial charge in [-0.25, -0.2) is 8.42 Å². The first kappa shape index (κ1) is 11.2. The molecular formula is C10H13NO4S. The second kappa shape index (κ2) is 4.31. The van der Waals surface area contributed by atoms with Crippen LogP contribution < -0.4 is 9.46 Å². The SMILES string of the molecule is CS(=O)(=O)Nc1ccc(OC[C@@H]2CO2)cc1. The molecule has 1 aliphatic rings. The second-order valence-corrected chi connectivity index (χ2v) is 5.41. The smallest absolute Gasteiger partial charge is 0.229 e. The lowest BCUT2D eigenvalue weighted by molar-refractivity contribution is 0.263. The third-order valence-corrected chi connectivity index (χ3v) is 2.60. The molecule has 0 aliphatic carbocycles. The van der Waals surface area contributed by atoms with Crippen LogP contribution in [0.1, 0.15) is 0 Å². The minimum atomic E-state index is -3.22. The molecule has 88 valence electrons. The van der Waals surface area contributed by atoms with E-state index in [1.165, 1.54) is 0 Å². The van der Waals surface area contributed by atoms with Gasteiger partial charge >= 0.3 is 0 Å². The van der Waals surface area contributed by atoms with Crippen LogP contribution in [-0.2, 0) is 14.8 Å². The topological polar surface area (TPSA) is 67.9 Å². The highest BCUT2D eigenvalue weighted by atomic mass is 32.2. The Morgan fingerprint density at radius 2 is 2.06 bits per heavy atom. The van der Waals surface area contributed by atoms with Crippen molar-refractivity contribution in [2.24, 2.45) is 0 Å². The number of benzene rings is 1. The van der Waals surface area contributed by atoms with Gasteiger partial charge in [-0.2, -0.15) is 0 Å². The molecule has 1 saturated heterocycles. The fourth-order valence-electron chi connectivity index (χ4n) is 1.19. The van der Waals surface area contributed by atoms with E-state index in [4.69, 9.17) is 9.47 Å². The normalized spacial score (nSPS) is 19.2. The molecule has 0 unspecified atom stereocenters. The number of hydrogen-bond donors (Lipinski definition) is 1. The summed E-state index contributed by atoms with van der Waals surface area (Å²) < 4.78 is 34.7. The molecule has 1 aliphatic heterocycles. The van der Waals surface area contributed by atoms with Gasteiger partial charge in [-0.1, -0.05) is 0 Å². The quantitative estimate of drug-likeness (QED) is 0.778. The van der Waals surface area contributed by atoms with Crippen molar-refractivity contribution >= 4 is 15.7 Å². The van der Waals surface area contributed by atoms with Crippen molar-refractivity contribution in [3.63, 3.8) is 0 Å². The number of epoxide rings is 1. The van der Waals surface area contributed by atoms with E-state index >= 15 is 0 Å². The Morgan fingerprint density at radius 3 is 2.56 bits per heavy atom. The summed E-state index contributed by atoms with van der Waals surface area (Å²) in [5, 5.41) is 0. The fourth-order valence-corrected chi connectivity index (χ4v) is 1.75. The van der Waals surface area contributed by atoms with Crippen LogP contribution in [0.4, 0.5) is 5.69 Å². The van der Waals surface area contributed by atoms with E-state index in [-0.39, 0.29) is 6.10 Å². The molecule has 0 radical (unpaired) electrons. The molecule has 1 aromatic rings. The molecule has 0 bridgehead atoms. The molecular weight excluding hydrogens is 230 g/mol. The number of hydrogen-bond acceptors (Lipinski definition) is 4. The molecule has 1 atom stereocenters. The van der Waals surface area contributed by atoms with Gasteiger partial charge in [0, 0.05) is 5.69 Å². The second-order valence-electron chi connectivity index (χ2n) is 3.66. The van der Waals surface area contributed by atoms with E-state index in [0.29, 0.717) is 18.0 Å². The zero-order chi connectivity index (χ0) is 11.6. The summed E-state index contributed by atoms with van der Waals surface area (Å²) in [6.45, 7) is 1.30. The van der Waals surface area contributed by atoms with E-state index in [0.717, 1.165) is 12.9 Å². The number of nitrogens with one attached hydrogen (secondary N) is 1. The van der Waals surface area contributed by atoms with Gasteiger partial charge in [-0.15, -0.1) is 0 Å². The average Bonchev–Trinajstić information content (AvgIpc) is 2.98. The van der Waals surface area contributed by atoms with E-state index in [9.17, 15) is 8.42 Å². The number of sulfonamides is 1. The highest BCUT2D eigenvalue weighted by Crippen LogP contribution is 2.18. The summed E-state index contributed by atoms with van der Waals surface area (Å²) in [7, 11) is -3.22. The van der Waals surface area contributed by atoms with Crippen molar-refractivity contribution in [3.05, 3.63) is 24.3 Å². The van der Waals surface area contributed by atoms with Crippen LogP contribution in [0.15, 0.2) is 24.3 Å². The predicted molar refractivity (Wildman–Crippen MR) is 60.1 cm³/mol. The van der Waals surface area contributed by atoms with Crippen molar-refractivity contribution in [3.8, 4) is 5.75 Å². The minimum absolute atomic E-state index is 0.217. The maximum absolute atomic E-state index is 10.9. The molecule has 0 aromatic heterocycles. The van der Waals surface area contributed by atoms with Crippen LogP contribution in [0, 0.1) is 0 Å². The van der Waals surface area contributed by atoms with Crippen molar-refractivity contribution in [1.29, 1.82) is 0 Å². The highest BCUT2D eigenvalue weighted by molar-refractivity contribution is 7.92. The summed E-state index contributed by atoms with van der Waals surface area (Å²) in [6, 6.07) is 6.75. The molecule has 1 fully saturated rings. The zero-order valence-corrected chi connectivity index (χ0v) is 9.66. The minimum Gasteiger partial charge on any atom is -0.491 e. The van der Waals surface area contributed by atoms with Gasteiger partial charge < -0.3 is 9.47 Å². The van der Waals surface area contributed by atoms with Crippen molar-refractivity contribution in [1.82, 2.24) is 0 Å². The monoisotopic (exact) mass is 243 g/mol. The number of rotatable bonds is 5. The molecule has 1 heterocycles. The van der Waals surface area contributed by atoms with Gasteiger partial charge in [0.25, 0.3) is 0 Å². The molecule has 5 nitrogen and oxygen atoms in total. The predicted octanol–water partition coefficient (Wildman–Crippen LogP) is 0.836. The van der Waals surface area contributed by atoms with Gasteiger partial charge in [-0.3, -0.25) is 4.72 Å². The lowest BCUT2D eigenvalue weighted by Crippen LogP contribution is -2.09. The highest BCUT2D eigenvalue weighted by Gasteiger charge is 2.22. The Balaban J connectivity index is 1.92. The van der Waals surface area contributed by atoms with Crippen molar-refractivity contribution in [2.75, 3.05) is 24.2 Å². The lowest BCUT2D eigenvalue weighted by Gasteiger charge is -2.06. The average molecular weight is 243 g/mol. The summed E-state index contributed by atoms with van der Waals surface area (Å²) >= 11 is 0. The summed E-state index contributed by atoms with van der Waals surface area (Å²) in [5.41, 5.74) is 0.525. The van der Waals surface area contributed by atoms with Crippen LogP contribution >= 0.6 is 0 Å². The maximum atomic E-state index is 10.9. The van der Waals surface area contributed by atoms with Crippen molar-refractivity contribution < 1.29 is 17.9 Å². The molecule has 0 spiro atoms. The summed E-state index contributed by atoms with van der Waals surface area (Å²) in [4.78, 5) is 0. The van der Waals surface area contributed by atoms with E-state index in [1.54, 1.807) is 24.3 Å². The van der Waals surface area contributed by atoms with Gasteiger partial charge in [0.05, 0.1) is 12.9 Å². The molecule has 16 heavy (non-hydrogen) atoms. The molecule has 2 rings (SSSR count).